The zero-order chi connectivity index (χ0) is 32.3. The summed E-state index contributed by atoms with van der Waals surface area (Å²) in [7, 11) is 0. The number of carbonyl (C=O) groups excluding carboxylic acids is 3. The number of hydrazone groups is 1. The molecule has 1 fully saturated rings. The van der Waals surface area contributed by atoms with Crippen LogP contribution in [0.3, 0.4) is 0 Å². The molecule has 0 saturated carbocycles. The average Bonchev–Trinajstić information content (AvgIpc) is 3.31. The molecule has 1 heterocycles. The fourth-order valence-corrected chi connectivity index (χ4v) is 7.42. The molecule has 4 aliphatic rings. The van der Waals surface area contributed by atoms with Gasteiger partial charge >= 0.3 is 0 Å². The Balaban J connectivity index is 1.33. The average molecular weight is 616 g/mol. The molecule has 228 valence electrons. The second-order valence-corrected chi connectivity index (χ2v) is 11.7. The van der Waals surface area contributed by atoms with Crippen LogP contribution in [0.4, 0.5) is 17.1 Å². The van der Waals surface area contributed by atoms with Gasteiger partial charge in [-0.15, -0.1) is 0 Å². The first-order valence-electron chi connectivity index (χ1n) is 14.5. The molecule has 0 spiro atoms. The second-order valence-electron chi connectivity index (χ2n) is 11.7. The topological polar surface area (TPSA) is 165 Å². The van der Waals surface area contributed by atoms with Crippen molar-refractivity contribution in [1.29, 1.82) is 0 Å². The second kappa shape index (κ2) is 10.5. The zero-order valence-corrected chi connectivity index (χ0v) is 24.3. The molecule has 3 amide bonds. The summed E-state index contributed by atoms with van der Waals surface area (Å²) in [5.41, 5.74) is 5.07. The first-order chi connectivity index (χ1) is 22.1. The van der Waals surface area contributed by atoms with Crippen LogP contribution in [0.15, 0.2) is 96.1 Å². The third-order valence-corrected chi connectivity index (χ3v) is 9.22. The molecule has 0 radical (unpaired) electrons. The number of amides is 3. The Labute approximate surface area is 261 Å². The molecule has 3 aliphatic carbocycles. The molecule has 12 heteroatoms. The van der Waals surface area contributed by atoms with Crippen molar-refractivity contribution in [2.24, 2.45) is 16.9 Å². The Morgan fingerprint density at radius 2 is 1.52 bits per heavy atom. The molecule has 1 aliphatic heterocycles. The van der Waals surface area contributed by atoms with E-state index in [1.54, 1.807) is 13.0 Å². The van der Waals surface area contributed by atoms with Crippen LogP contribution in [0.25, 0.3) is 0 Å². The number of benzene rings is 4. The molecule has 1 N–H and O–H groups in total. The van der Waals surface area contributed by atoms with Gasteiger partial charge in [0.25, 0.3) is 11.4 Å². The van der Waals surface area contributed by atoms with Gasteiger partial charge in [0, 0.05) is 30.3 Å². The molecular weight excluding hydrogens is 590 g/mol. The van der Waals surface area contributed by atoms with Gasteiger partial charge in [0.1, 0.15) is 5.69 Å². The van der Waals surface area contributed by atoms with Crippen LogP contribution in [0.2, 0.25) is 0 Å². The molecule has 2 atom stereocenters. The van der Waals surface area contributed by atoms with Gasteiger partial charge in [0.2, 0.25) is 17.7 Å². The summed E-state index contributed by atoms with van der Waals surface area (Å²) in [6.07, 6.45) is 1.40. The maximum absolute atomic E-state index is 14.5. The van der Waals surface area contributed by atoms with Crippen LogP contribution in [0.1, 0.15) is 39.3 Å². The summed E-state index contributed by atoms with van der Waals surface area (Å²) in [6.45, 7) is 1.69. The minimum Gasteiger partial charge on any atom is -0.274 e. The van der Waals surface area contributed by atoms with Crippen LogP contribution in [0.5, 0.6) is 0 Å². The first kappa shape index (κ1) is 28.7. The van der Waals surface area contributed by atoms with E-state index in [2.05, 4.69) is 10.5 Å². The van der Waals surface area contributed by atoms with E-state index < -0.39 is 50.7 Å². The van der Waals surface area contributed by atoms with E-state index >= 15 is 0 Å². The first-order valence-corrected chi connectivity index (χ1v) is 14.5. The highest BCUT2D eigenvalue weighted by Crippen LogP contribution is 2.64. The number of anilines is 1. The van der Waals surface area contributed by atoms with Gasteiger partial charge in [-0.25, -0.2) is 10.3 Å². The highest BCUT2D eigenvalue weighted by atomic mass is 16.6. The Kier molecular flexibility index (Phi) is 6.58. The number of nitro benzene ring substituents is 2. The number of imide groups is 1. The van der Waals surface area contributed by atoms with E-state index in [1.165, 1.54) is 42.6 Å². The lowest BCUT2D eigenvalue weighted by molar-refractivity contribution is -0.384. The number of nitro groups is 2. The lowest BCUT2D eigenvalue weighted by atomic mass is 9.47. The van der Waals surface area contributed by atoms with Gasteiger partial charge in [-0.3, -0.25) is 34.6 Å². The minimum absolute atomic E-state index is 0.0870. The maximum Gasteiger partial charge on any atom is 0.293 e. The molecule has 2 bridgehead atoms. The van der Waals surface area contributed by atoms with Gasteiger partial charge in [0.05, 0.1) is 33.5 Å². The van der Waals surface area contributed by atoms with E-state index in [0.717, 1.165) is 27.2 Å². The van der Waals surface area contributed by atoms with Gasteiger partial charge in [0.15, 0.2) is 0 Å². The van der Waals surface area contributed by atoms with Crippen molar-refractivity contribution in [2.75, 3.05) is 4.90 Å². The third-order valence-electron chi connectivity index (χ3n) is 9.22. The van der Waals surface area contributed by atoms with Crippen molar-refractivity contribution in [3.05, 3.63) is 145 Å². The van der Waals surface area contributed by atoms with Gasteiger partial charge in [-0.1, -0.05) is 66.7 Å². The van der Waals surface area contributed by atoms with Crippen molar-refractivity contribution in [1.82, 2.24) is 5.43 Å². The maximum atomic E-state index is 14.5. The summed E-state index contributed by atoms with van der Waals surface area (Å²) in [5, 5.41) is 27.4. The third kappa shape index (κ3) is 4.14. The zero-order valence-electron chi connectivity index (χ0n) is 24.3. The van der Waals surface area contributed by atoms with Crippen LogP contribution in [-0.2, 0) is 26.2 Å². The Morgan fingerprint density at radius 3 is 2.13 bits per heavy atom. The molecule has 8 rings (SSSR count). The number of aryl methyl sites for hydroxylation is 1. The van der Waals surface area contributed by atoms with E-state index in [0.29, 0.717) is 11.1 Å². The quantitative estimate of drug-likeness (QED) is 0.136. The van der Waals surface area contributed by atoms with Crippen molar-refractivity contribution in [2.45, 2.75) is 24.7 Å². The number of hydrogen-bond acceptors (Lipinski definition) is 8. The molecule has 0 unspecified atom stereocenters. The van der Waals surface area contributed by atoms with Crippen molar-refractivity contribution in [3.63, 3.8) is 0 Å². The van der Waals surface area contributed by atoms with E-state index in [4.69, 9.17) is 0 Å². The molecule has 1 saturated heterocycles. The molecule has 12 nitrogen and oxygen atoms in total. The number of nitrogens with zero attached hydrogens (tertiary/aromatic N) is 4. The molecule has 46 heavy (non-hydrogen) atoms. The summed E-state index contributed by atoms with van der Waals surface area (Å²) in [4.78, 5) is 64.7. The Hall–Kier alpha value is -6.04. The number of carbonyl (C=O) groups is 3. The largest absolute Gasteiger partial charge is 0.293 e. The highest BCUT2D eigenvalue weighted by Gasteiger charge is 2.68. The van der Waals surface area contributed by atoms with Crippen LogP contribution in [0, 0.1) is 39.0 Å². The predicted octanol–water partition coefficient (Wildman–Crippen LogP) is 4.71. The van der Waals surface area contributed by atoms with Crippen molar-refractivity contribution >= 4 is 41.0 Å². The smallest absolute Gasteiger partial charge is 0.274 e. The van der Waals surface area contributed by atoms with Gasteiger partial charge in [-0.05, 0) is 46.4 Å². The van der Waals surface area contributed by atoms with Crippen LogP contribution in [-0.4, -0.2) is 33.8 Å². The van der Waals surface area contributed by atoms with Gasteiger partial charge in [-0.2, -0.15) is 5.10 Å². The fourth-order valence-electron chi connectivity index (χ4n) is 7.42. The van der Waals surface area contributed by atoms with Crippen molar-refractivity contribution in [3.8, 4) is 0 Å². The lowest BCUT2D eigenvalue weighted by Crippen LogP contribution is -2.54. The SMILES string of the molecule is Cc1ccc(N2C(=O)[C@H]3C4c5ccccc5C(/C=N\NC(=O)Cc5ccc([N+](=O)[O-])cc5)(c5ccccc54)[C@H]3C2=O)c([N+](=O)[O-])c1. The summed E-state index contributed by atoms with van der Waals surface area (Å²) < 4.78 is 0. The number of nitrogens with one attached hydrogen (secondary N) is 1. The number of non-ortho nitro benzene ring substituents is 1. The van der Waals surface area contributed by atoms with Gasteiger partial charge < -0.3 is 0 Å². The van der Waals surface area contributed by atoms with E-state index in [-0.39, 0.29) is 23.5 Å². The van der Waals surface area contributed by atoms with Crippen LogP contribution >= 0.6 is 0 Å². The summed E-state index contributed by atoms with van der Waals surface area (Å²) in [5.74, 6) is -3.95. The summed E-state index contributed by atoms with van der Waals surface area (Å²) >= 11 is 0. The molecular formula is C34H25N5O7. The highest BCUT2D eigenvalue weighted by molar-refractivity contribution is 6.25. The number of rotatable bonds is 7. The normalized spacial score (nSPS) is 22.4. The lowest BCUT2D eigenvalue weighted by Gasteiger charge is -2.52. The van der Waals surface area contributed by atoms with E-state index in [9.17, 15) is 34.6 Å². The summed E-state index contributed by atoms with van der Waals surface area (Å²) in [6, 6.07) is 25.0. The van der Waals surface area contributed by atoms with Crippen LogP contribution < -0.4 is 10.3 Å². The fraction of sp³-hybridized carbons (Fsp3) is 0.176. The monoisotopic (exact) mass is 615 g/mol. The molecule has 4 aromatic rings. The van der Waals surface area contributed by atoms with Crippen molar-refractivity contribution < 1.29 is 24.2 Å². The Morgan fingerprint density at radius 1 is 0.891 bits per heavy atom. The number of hydrogen-bond donors (Lipinski definition) is 1. The predicted molar refractivity (Wildman–Crippen MR) is 166 cm³/mol. The standard InChI is InChI=1S/C34H25N5O7/c1-19-10-15-26(27(16-19)39(45)46)37-32(41)30-29-22-6-2-4-8-24(22)34(31(30)33(37)42,25-9-5-3-7-23(25)29)18-35-36-28(40)17-20-11-13-21(14-12-20)38(43)44/h2-16,18,29-31H,17H2,1H3,(H,36,40)/b35-18-/t29?,30-,31+,34?/m0/s1. The minimum atomic E-state index is -1.28. The molecule has 4 aromatic carbocycles. The Bertz CT molecular complexity index is 1980. The van der Waals surface area contributed by atoms with E-state index in [1.807, 2.05) is 48.5 Å². The molecule has 0 aromatic heterocycles.